The molecule has 1 unspecified atom stereocenters. The van der Waals surface area contributed by atoms with Crippen LogP contribution in [0.15, 0.2) is 59.1 Å². The first-order chi connectivity index (χ1) is 8.84. The third-order valence-electron chi connectivity index (χ3n) is 2.95. The van der Waals surface area contributed by atoms with Crippen LogP contribution >= 0.6 is 11.3 Å². The van der Waals surface area contributed by atoms with E-state index in [4.69, 9.17) is 5.73 Å². The van der Waals surface area contributed by atoms with E-state index < -0.39 is 0 Å². The summed E-state index contributed by atoms with van der Waals surface area (Å²) in [6.45, 7) is 15.8. The maximum atomic E-state index is 5.97. The zero-order valence-electron chi connectivity index (χ0n) is 11.8. The Kier molecular flexibility index (Phi) is 5.12. The Bertz CT molecular complexity index is 512. The standard InChI is InChI=1S/C15H21N3S/c1-10(2)12(4)17-15(16)11(3)13(5)18(6)14-8-7-9-19-14/h7-9,12H,1,3,5H2,2,4,6H3,(H2,16,17). The first kappa shape index (κ1) is 15.2. The predicted octanol–water partition coefficient (Wildman–Crippen LogP) is 3.58. The molecular weight excluding hydrogens is 254 g/mol. The van der Waals surface area contributed by atoms with E-state index in [0.29, 0.717) is 11.4 Å². The Morgan fingerprint density at radius 3 is 2.53 bits per heavy atom. The van der Waals surface area contributed by atoms with Crippen LogP contribution in [-0.4, -0.2) is 18.9 Å². The number of nitrogens with zero attached hydrogens (tertiary/aromatic N) is 2. The number of hydrogen-bond donors (Lipinski definition) is 1. The number of hydrogen-bond acceptors (Lipinski definition) is 3. The van der Waals surface area contributed by atoms with Gasteiger partial charge in [0.15, 0.2) is 0 Å². The molecule has 0 spiro atoms. The maximum Gasteiger partial charge on any atom is 0.127 e. The topological polar surface area (TPSA) is 41.6 Å². The minimum atomic E-state index is -0.0170. The highest BCUT2D eigenvalue weighted by molar-refractivity contribution is 7.14. The van der Waals surface area contributed by atoms with Crippen LogP contribution in [0, 0.1) is 0 Å². The molecule has 0 saturated heterocycles. The molecule has 0 aromatic carbocycles. The van der Waals surface area contributed by atoms with Crippen LogP contribution in [0.2, 0.25) is 0 Å². The molecule has 102 valence electrons. The normalized spacial score (nSPS) is 12.9. The lowest BCUT2D eigenvalue weighted by Crippen LogP contribution is -2.25. The van der Waals surface area contributed by atoms with Gasteiger partial charge in [-0.3, -0.25) is 4.99 Å². The SMILES string of the molecule is C=C(C(=C)N(C)c1cccs1)C(N)=NC(C)C(=C)C. The molecule has 0 bridgehead atoms. The minimum absolute atomic E-state index is 0.0170. The quantitative estimate of drug-likeness (QED) is 0.373. The van der Waals surface area contributed by atoms with E-state index >= 15 is 0 Å². The third kappa shape index (κ3) is 3.83. The van der Waals surface area contributed by atoms with E-state index in [1.165, 1.54) is 0 Å². The summed E-state index contributed by atoms with van der Waals surface area (Å²) < 4.78 is 0. The third-order valence-corrected chi connectivity index (χ3v) is 3.89. The first-order valence-electron chi connectivity index (χ1n) is 5.99. The number of thiophene rings is 1. The summed E-state index contributed by atoms with van der Waals surface area (Å²) in [4.78, 5) is 6.33. The molecule has 1 heterocycles. The van der Waals surface area contributed by atoms with Crippen LogP contribution in [0.5, 0.6) is 0 Å². The Hall–Kier alpha value is -1.81. The second-order valence-corrected chi connectivity index (χ2v) is 5.40. The summed E-state index contributed by atoms with van der Waals surface area (Å²) in [5.74, 6) is 0.406. The number of anilines is 1. The largest absolute Gasteiger partial charge is 0.383 e. The number of nitrogens with two attached hydrogens (primary N) is 1. The average Bonchev–Trinajstić information content (AvgIpc) is 2.89. The molecule has 1 atom stereocenters. The van der Waals surface area contributed by atoms with E-state index in [9.17, 15) is 0 Å². The predicted molar refractivity (Wildman–Crippen MR) is 86.9 cm³/mol. The Labute approximate surface area is 119 Å². The summed E-state index contributed by atoms with van der Waals surface area (Å²) >= 11 is 1.64. The minimum Gasteiger partial charge on any atom is -0.383 e. The number of rotatable bonds is 6. The summed E-state index contributed by atoms with van der Waals surface area (Å²) in [6, 6.07) is 4.00. The van der Waals surface area contributed by atoms with Gasteiger partial charge in [0, 0.05) is 18.3 Å². The highest BCUT2D eigenvalue weighted by atomic mass is 32.1. The van der Waals surface area contributed by atoms with E-state index in [1.54, 1.807) is 11.3 Å². The fourth-order valence-electron chi connectivity index (χ4n) is 1.34. The van der Waals surface area contributed by atoms with Gasteiger partial charge in [-0.15, -0.1) is 11.3 Å². The molecule has 1 aromatic rings. The van der Waals surface area contributed by atoms with Gasteiger partial charge in [0.05, 0.1) is 11.0 Å². The fourth-order valence-corrected chi connectivity index (χ4v) is 2.06. The summed E-state index contributed by atoms with van der Waals surface area (Å²) in [5.41, 5.74) is 8.33. The lowest BCUT2D eigenvalue weighted by Gasteiger charge is -2.21. The van der Waals surface area contributed by atoms with E-state index in [-0.39, 0.29) is 6.04 Å². The number of amidine groups is 1. The Balaban J connectivity index is 2.83. The van der Waals surface area contributed by atoms with Gasteiger partial charge in [-0.2, -0.15) is 0 Å². The van der Waals surface area contributed by atoms with Crippen molar-refractivity contribution in [3.8, 4) is 0 Å². The first-order valence-corrected chi connectivity index (χ1v) is 6.87. The van der Waals surface area contributed by atoms with Crippen molar-refractivity contribution >= 4 is 22.2 Å². The second kappa shape index (κ2) is 6.38. The van der Waals surface area contributed by atoms with Crippen molar-refractivity contribution in [3.05, 3.63) is 54.1 Å². The highest BCUT2D eigenvalue weighted by Gasteiger charge is 2.13. The molecule has 0 aliphatic heterocycles. The van der Waals surface area contributed by atoms with Crippen LogP contribution < -0.4 is 10.6 Å². The lowest BCUT2D eigenvalue weighted by molar-refractivity contribution is 0.864. The van der Waals surface area contributed by atoms with Gasteiger partial charge in [0.25, 0.3) is 0 Å². The summed E-state index contributed by atoms with van der Waals surface area (Å²) in [6.07, 6.45) is 0. The van der Waals surface area contributed by atoms with Gasteiger partial charge >= 0.3 is 0 Å². The van der Waals surface area contributed by atoms with E-state index in [2.05, 4.69) is 24.7 Å². The van der Waals surface area contributed by atoms with Crippen molar-refractivity contribution in [1.29, 1.82) is 0 Å². The van der Waals surface area contributed by atoms with Crippen molar-refractivity contribution < 1.29 is 0 Å². The van der Waals surface area contributed by atoms with Gasteiger partial charge in [-0.25, -0.2) is 0 Å². The zero-order chi connectivity index (χ0) is 14.6. The van der Waals surface area contributed by atoms with Gasteiger partial charge in [0.2, 0.25) is 0 Å². The number of likely N-dealkylation sites (N-methyl/N-ethyl adjacent to an activating group) is 1. The molecule has 0 radical (unpaired) electrons. The molecule has 1 rings (SSSR count). The molecule has 0 amide bonds. The monoisotopic (exact) mass is 275 g/mol. The van der Waals surface area contributed by atoms with Gasteiger partial charge in [-0.1, -0.05) is 25.3 Å². The Morgan fingerprint density at radius 2 is 2.05 bits per heavy atom. The molecule has 0 aliphatic carbocycles. The molecule has 0 fully saturated rings. The van der Waals surface area contributed by atoms with Crippen LogP contribution in [-0.2, 0) is 0 Å². The molecule has 4 heteroatoms. The van der Waals surface area contributed by atoms with Crippen molar-refractivity contribution in [2.24, 2.45) is 10.7 Å². The van der Waals surface area contributed by atoms with Crippen molar-refractivity contribution in [1.82, 2.24) is 0 Å². The van der Waals surface area contributed by atoms with Gasteiger partial charge in [0.1, 0.15) is 5.84 Å². The van der Waals surface area contributed by atoms with Crippen LogP contribution in [0.3, 0.4) is 0 Å². The average molecular weight is 275 g/mol. The van der Waals surface area contributed by atoms with Gasteiger partial charge < -0.3 is 10.6 Å². The van der Waals surface area contributed by atoms with E-state index in [1.807, 2.05) is 43.3 Å². The molecule has 2 N–H and O–H groups in total. The van der Waals surface area contributed by atoms with Crippen LogP contribution in [0.25, 0.3) is 0 Å². The number of aliphatic imine (C=N–C) groups is 1. The van der Waals surface area contributed by atoms with Crippen molar-refractivity contribution in [2.75, 3.05) is 11.9 Å². The smallest absolute Gasteiger partial charge is 0.127 e. The molecule has 19 heavy (non-hydrogen) atoms. The van der Waals surface area contributed by atoms with Gasteiger partial charge in [-0.05, 0) is 31.4 Å². The summed E-state index contributed by atoms with van der Waals surface area (Å²) in [7, 11) is 1.94. The zero-order valence-corrected chi connectivity index (χ0v) is 12.6. The molecule has 3 nitrogen and oxygen atoms in total. The Morgan fingerprint density at radius 1 is 1.42 bits per heavy atom. The maximum absolute atomic E-state index is 5.97. The van der Waals surface area contributed by atoms with Crippen LogP contribution in [0.1, 0.15) is 13.8 Å². The van der Waals surface area contributed by atoms with Crippen molar-refractivity contribution in [3.63, 3.8) is 0 Å². The molecule has 0 saturated carbocycles. The van der Waals surface area contributed by atoms with Crippen molar-refractivity contribution in [2.45, 2.75) is 19.9 Å². The fraction of sp³-hybridized carbons (Fsp3) is 0.267. The second-order valence-electron chi connectivity index (χ2n) is 4.47. The van der Waals surface area contributed by atoms with E-state index in [0.717, 1.165) is 16.3 Å². The molecule has 1 aromatic heterocycles. The summed E-state index contributed by atoms with van der Waals surface area (Å²) in [5, 5.41) is 3.11. The molecule has 0 aliphatic rings. The highest BCUT2D eigenvalue weighted by Crippen LogP contribution is 2.25. The molecular formula is C15H21N3S. The lowest BCUT2D eigenvalue weighted by atomic mass is 10.1. The van der Waals surface area contributed by atoms with Crippen LogP contribution in [0.4, 0.5) is 5.00 Å².